The molecule has 0 radical (unpaired) electrons. The number of carbonyl (C=O) groups excluding carboxylic acids is 1. The molecule has 1 aromatic carbocycles. The van der Waals surface area contributed by atoms with E-state index in [1.807, 2.05) is 30.2 Å². The molecule has 3 N–H and O–H groups in total. The second-order valence-corrected chi connectivity index (χ2v) is 8.75. The number of hydrogen-bond donors (Lipinski definition) is 3. The van der Waals surface area contributed by atoms with E-state index in [2.05, 4.69) is 41.8 Å². The van der Waals surface area contributed by atoms with Gasteiger partial charge in [-0.1, -0.05) is 0 Å². The van der Waals surface area contributed by atoms with Gasteiger partial charge in [-0.15, -0.1) is 0 Å². The van der Waals surface area contributed by atoms with E-state index in [4.69, 9.17) is 4.74 Å². The molecule has 1 aliphatic rings. The number of pyridine rings is 1. The Morgan fingerprint density at radius 3 is 2.55 bits per heavy atom. The van der Waals surface area contributed by atoms with Gasteiger partial charge in [0.15, 0.2) is 11.6 Å². The molecule has 1 aliphatic heterocycles. The number of ether oxygens (including phenoxy) is 1. The molecule has 0 spiro atoms. The SMILES string of the molecule is CN1C=C(c2ccc(NC(=O)Nc3ccn(C(C)(C)C)c3)c(F)c2Oc2ccncc2)CN1. The lowest BCUT2D eigenvalue weighted by Gasteiger charge is -2.20. The third-order valence-corrected chi connectivity index (χ3v) is 5.15. The van der Waals surface area contributed by atoms with Gasteiger partial charge in [-0.2, -0.15) is 0 Å². The topological polar surface area (TPSA) is 83.5 Å². The number of anilines is 2. The zero-order valence-electron chi connectivity index (χ0n) is 19.0. The third kappa shape index (κ3) is 5.15. The number of nitrogens with zero attached hydrogens (tertiary/aromatic N) is 3. The largest absolute Gasteiger partial charge is 0.453 e. The molecule has 0 unspecified atom stereocenters. The molecular formula is C24H27FN6O2. The maximum Gasteiger partial charge on any atom is 0.323 e. The van der Waals surface area contributed by atoms with Crippen LogP contribution in [0.25, 0.3) is 5.57 Å². The number of rotatable bonds is 5. The van der Waals surface area contributed by atoms with Crippen molar-refractivity contribution in [3.8, 4) is 11.5 Å². The van der Waals surface area contributed by atoms with Gasteiger partial charge in [0, 0.05) is 55.7 Å². The predicted molar refractivity (Wildman–Crippen MR) is 127 cm³/mol. The summed E-state index contributed by atoms with van der Waals surface area (Å²) in [6.07, 6.45) is 8.71. The molecule has 3 heterocycles. The third-order valence-electron chi connectivity index (χ3n) is 5.15. The van der Waals surface area contributed by atoms with E-state index < -0.39 is 11.8 Å². The second kappa shape index (κ2) is 8.95. The molecule has 0 saturated carbocycles. The second-order valence-electron chi connectivity index (χ2n) is 8.75. The van der Waals surface area contributed by atoms with Crippen LogP contribution in [0, 0.1) is 5.82 Å². The minimum Gasteiger partial charge on any atom is -0.453 e. The molecule has 0 fully saturated rings. The molecule has 3 aromatic rings. The number of carbonyl (C=O) groups is 1. The van der Waals surface area contributed by atoms with E-state index in [9.17, 15) is 4.79 Å². The highest BCUT2D eigenvalue weighted by Crippen LogP contribution is 2.37. The minimum absolute atomic E-state index is 0.00970. The Labute approximate surface area is 192 Å². The molecule has 4 rings (SSSR count). The van der Waals surface area contributed by atoms with Crippen molar-refractivity contribution in [2.24, 2.45) is 0 Å². The fraction of sp³-hybridized carbons (Fsp3) is 0.250. The van der Waals surface area contributed by atoms with Gasteiger partial charge in [-0.05, 0) is 56.7 Å². The lowest BCUT2D eigenvalue weighted by molar-refractivity contribution is 0.262. The number of nitrogens with one attached hydrogen (secondary N) is 3. The Balaban J connectivity index is 1.59. The van der Waals surface area contributed by atoms with Crippen molar-refractivity contribution in [1.29, 1.82) is 0 Å². The zero-order valence-corrected chi connectivity index (χ0v) is 19.0. The van der Waals surface area contributed by atoms with Crippen LogP contribution in [-0.2, 0) is 5.54 Å². The summed E-state index contributed by atoms with van der Waals surface area (Å²) in [5.74, 6) is -0.196. The first kappa shape index (κ1) is 22.3. The molecule has 9 heteroatoms. The van der Waals surface area contributed by atoms with Crippen LogP contribution in [-0.4, -0.2) is 34.2 Å². The van der Waals surface area contributed by atoms with Gasteiger partial charge in [0.05, 0.1) is 11.4 Å². The lowest BCUT2D eigenvalue weighted by Crippen LogP contribution is -2.23. The summed E-state index contributed by atoms with van der Waals surface area (Å²) >= 11 is 0. The summed E-state index contributed by atoms with van der Waals surface area (Å²) in [6.45, 7) is 6.71. The summed E-state index contributed by atoms with van der Waals surface area (Å²) in [4.78, 5) is 16.5. The lowest BCUT2D eigenvalue weighted by atomic mass is 10.0. The Morgan fingerprint density at radius 2 is 1.91 bits per heavy atom. The van der Waals surface area contributed by atoms with Gasteiger partial charge in [-0.25, -0.2) is 14.6 Å². The summed E-state index contributed by atoms with van der Waals surface area (Å²) in [5, 5.41) is 7.13. The molecule has 0 bridgehead atoms. The van der Waals surface area contributed by atoms with Gasteiger partial charge < -0.3 is 24.9 Å². The van der Waals surface area contributed by atoms with Gasteiger partial charge in [0.2, 0.25) is 0 Å². The Morgan fingerprint density at radius 1 is 1.15 bits per heavy atom. The fourth-order valence-electron chi connectivity index (χ4n) is 3.40. The van der Waals surface area contributed by atoms with Crippen molar-refractivity contribution in [2.45, 2.75) is 26.3 Å². The van der Waals surface area contributed by atoms with Gasteiger partial charge in [-0.3, -0.25) is 4.98 Å². The van der Waals surface area contributed by atoms with Crippen LogP contribution >= 0.6 is 0 Å². The number of urea groups is 1. The number of benzene rings is 1. The van der Waals surface area contributed by atoms with Gasteiger partial charge in [0.25, 0.3) is 0 Å². The number of amides is 2. The Bertz CT molecular complexity index is 1180. The number of aromatic nitrogens is 2. The molecule has 0 aliphatic carbocycles. The maximum atomic E-state index is 15.6. The molecular weight excluding hydrogens is 423 g/mol. The van der Waals surface area contributed by atoms with E-state index in [-0.39, 0.29) is 17.0 Å². The molecule has 0 atom stereocenters. The number of hydrazine groups is 1. The van der Waals surface area contributed by atoms with Crippen LogP contribution in [0.15, 0.2) is 61.3 Å². The van der Waals surface area contributed by atoms with Crippen molar-refractivity contribution in [3.05, 3.63) is 72.7 Å². The Hall–Kier alpha value is -3.85. The van der Waals surface area contributed by atoms with Crippen LogP contribution in [0.2, 0.25) is 0 Å². The fourth-order valence-corrected chi connectivity index (χ4v) is 3.40. The van der Waals surface area contributed by atoms with Crippen LogP contribution in [0.4, 0.5) is 20.6 Å². The Kier molecular flexibility index (Phi) is 6.06. The van der Waals surface area contributed by atoms with E-state index in [1.54, 1.807) is 41.7 Å². The van der Waals surface area contributed by atoms with Crippen molar-refractivity contribution >= 4 is 23.0 Å². The first-order chi connectivity index (χ1) is 15.7. The minimum atomic E-state index is -0.665. The van der Waals surface area contributed by atoms with Crippen molar-refractivity contribution in [1.82, 2.24) is 20.0 Å². The maximum absolute atomic E-state index is 15.6. The van der Waals surface area contributed by atoms with E-state index in [0.29, 0.717) is 23.5 Å². The zero-order chi connectivity index (χ0) is 23.6. The molecule has 2 aromatic heterocycles. The van der Waals surface area contributed by atoms with Gasteiger partial charge in [0.1, 0.15) is 5.75 Å². The molecule has 8 nitrogen and oxygen atoms in total. The van der Waals surface area contributed by atoms with Crippen molar-refractivity contribution < 1.29 is 13.9 Å². The van der Waals surface area contributed by atoms with Crippen LogP contribution in [0.5, 0.6) is 11.5 Å². The number of halogens is 1. The van der Waals surface area contributed by atoms with Crippen LogP contribution in [0.1, 0.15) is 26.3 Å². The summed E-state index contributed by atoms with van der Waals surface area (Å²) in [6, 6.07) is 7.79. The van der Waals surface area contributed by atoms with Crippen molar-refractivity contribution in [2.75, 3.05) is 24.2 Å². The predicted octanol–water partition coefficient (Wildman–Crippen LogP) is 5.00. The highest BCUT2D eigenvalue weighted by molar-refractivity contribution is 6.00. The van der Waals surface area contributed by atoms with Crippen LogP contribution < -0.4 is 20.8 Å². The van der Waals surface area contributed by atoms with Gasteiger partial charge >= 0.3 is 6.03 Å². The molecule has 0 saturated heterocycles. The summed E-state index contributed by atoms with van der Waals surface area (Å²) in [7, 11) is 1.86. The molecule has 2 amide bonds. The molecule has 172 valence electrons. The highest BCUT2D eigenvalue weighted by Gasteiger charge is 2.22. The summed E-state index contributed by atoms with van der Waals surface area (Å²) < 4.78 is 23.5. The number of hydrogen-bond acceptors (Lipinski definition) is 5. The van der Waals surface area contributed by atoms with E-state index in [0.717, 1.165) is 5.57 Å². The van der Waals surface area contributed by atoms with E-state index in [1.165, 1.54) is 6.07 Å². The van der Waals surface area contributed by atoms with Crippen molar-refractivity contribution in [3.63, 3.8) is 0 Å². The van der Waals surface area contributed by atoms with Crippen LogP contribution in [0.3, 0.4) is 0 Å². The average molecular weight is 451 g/mol. The smallest absolute Gasteiger partial charge is 0.323 e. The normalized spacial score (nSPS) is 13.6. The quantitative estimate of drug-likeness (QED) is 0.509. The highest BCUT2D eigenvalue weighted by atomic mass is 19.1. The first-order valence-corrected chi connectivity index (χ1v) is 10.5. The molecule has 33 heavy (non-hydrogen) atoms. The first-order valence-electron chi connectivity index (χ1n) is 10.5. The average Bonchev–Trinajstić information content (AvgIpc) is 3.41. The monoisotopic (exact) mass is 450 g/mol. The van der Waals surface area contributed by atoms with E-state index >= 15 is 4.39 Å². The standard InChI is InChI=1S/C24H27FN6O2/c1-24(2,3)31-12-9-17(15-31)28-23(32)29-20-6-5-19(16-13-27-30(4)14-16)22(21(20)25)33-18-7-10-26-11-8-18/h5-12,14-15,27H,13H2,1-4H3,(H2,28,29,32). The summed E-state index contributed by atoms with van der Waals surface area (Å²) in [5.41, 5.74) is 5.09.